The molecule has 8 heteroatoms. The van der Waals surface area contributed by atoms with Gasteiger partial charge in [0.15, 0.2) is 0 Å². The van der Waals surface area contributed by atoms with Crippen molar-refractivity contribution in [1.82, 2.24) is 9.62 Å². The maximum Gasteiger partial charge on any atom is 0.263 e. The van der Waals surface area contributed by atoms with Crippen molar-refractivity contribution in [1.29, 1.82) is 0 Å². The van der Waals surface area contributed by atoms with Gasteiger partial charge in [0, 0.05) is 37.2 Å². The summed E-state index contributed by atoms with van der Waals surface area (Å²) < 4.78 is 26.6. The number of rotatable bonds is 5. The Kier molecular flexibility index (Phi) is 5.62. The van der Waals surface area contributed by atoms with E-state index in [1.807, 2.05) is 11.8 Å². The summed E-state index contributed by atoms with van der Waals surface area (Å²) >= 11 is 0. The van der Waals surface area contributed by atoms with Gasteiger partial charge in [-0.1, -0.05) is 12.1 Å². The van der Waals surface area contributed by atoms with E-state index in [1.54, 1.807) is 24.3 Å². The van der Waals surface area contributed by atoms with Crippen molar-refractivity contribution in [3.63, 3.8) is 0 Å². The Morgan fingerprint density at radius 2 is 2.15 bits per heavy atom. The first-order chi connectivity index (χ1) is 12.4. The molecule has 0 bridgehead atoms. The lowest BCUT2D eigenvalue weighted by atomic mass is 9.96. The molecule has 0 spiro atoms. The largest absolute Gasteiger partial charge is 0.338 e. The van der Waals surface area contributed by atoms with E-state index < -0.39 is 10.0 Å². The maximum absolute atomic E-state index is 12.5. The van der Waals surface area contributed by atoms with Gasteiger partial charge in [-0.25, -0.2) is 8.42 Å². The van der Waals surface area contributed by atoms with Crippen LogP contribution in [-0.4, -0.2) is 50.2 Å². The van der Waals surface area contributed by atoms with Crippen LogP contribution in [0.3, 0.4) is 0 Å². The molecule has 142 valence electrons. The number of piperidine rings is 1. The van der Waals surface area contributed by atoms with Crippen molar-refractivity contribution < 1.29 is 13.2 Å². The van der Waals surface area contributed by atoms with E-state index in [-0.39, 0.29) is 22.9 Å². The standard InChI is InChI=1S/C18H26N4O3S/c1-13(19)15-8-4-5-12-22(15)17(23)10-6-11-20-18-14-7-2-3-9-16(14)26(24,25)21-18/h2-3,7,9,13,15H,4-6,8,10-12,19H2,1H3,(H,20,21). The fourth-order valence-corrected chi connectivity index (χ4v) is 4.88. The number of amides is 1. The Morgan fingerprint density at radius 3 is 2.92 bits per heavy atom. The summed E-state index contributed by atoms with van der Waals surface area (Å²) in [6.07, 6.45) is 4.08. The summed E-state index contributed by atoms with van der Waals surface area (Å²) in [5.74, 6) is 0.471. The summed E-state index contributed by atoms with van der Waals surface area (Å²) in [6.45, 7) is 3.12. The fourth-order valence-electron chi connectivity index (χ4n) is 3.63. The van der Waals surface area contributed by atoms with Crippen molar-refractivity contribution in [2.24, 2.45) is 10.7 Å². The highest BCUT2D eigenvalue weighted by molar-refractivity contribution is 7.90. The van der Waals surface area contributed by atoms with E-state index in [0.29, 0.717) is 30.8 Å². The highest BCUT2D eigenvalue weighted by atomic mass is 32.2. The number of carbonyl (C=O) groups is 1. The molecule has 2 unspecified atom stereocenters. The normalized spacial score (nSPS) is 24.2. The van der Waals surface area contributed by atoms with Crippen LogP contribution < -0.4 is 10.5 Å². The highest BCUT2D eigenvalue weighted by Gasteiger charge is 2.30. The van der Waals surface area contributed by atoms with Crippen LogP contribution >= 0.6 is 0 Å². The molecule has 3 rings (SSSR count). The summed E-state index contributed by atoms with van der Waals surface area (Å²) in [5, 5.41) is 0. The van der Waals surface area contributed by atoms with Crippen LogP contribution in [0.5, 0.6) is 0 Å². The van der Waals surface area contributed by atoms with Gasteiger partial charge < -0.3 is 10.6 Å². The van der Waals surface area contributed by atoms with Crippen molar-refractivity contribution in [3.05, 3.63) is 29.8 Å². The third-order valence-electron chi connectivity index (χ3n) is 4.96. The van der Waals surface area contributed by atoms with Gasteiger partial charge in [-0.15, -0.1) is 0 Å². The van der Waals surface area contributed by atoms with E-state index >= 15 is 0 Å². The first-order valence-electron chi connectivity index (χ1n) is 9.12. The molecule has 1 aromatic rings. The van der Waals surface area contributed by atoms with E-state index in [1.165, 1.54) is 0 Å². The summed E-state index contributed by atoms with van der Waals surface area (Å²) in [7, 11) is -3.51. The van der Waals surface area contributed by atoms with Gasteiger partial charge in [-0.05, 0) is 44.7 Å². The van der Waals surface area contributed by atoms with Crippen LogP contribution in [0.15, 0.2) is 34.2 Å². The van der Waals surface area contributed by atoms with Crippen LogP contribution in [0.25, 0.3) is 0 Å². The molecule has 2 atom stereocenters. The predicted octanol–water partition coefficient (Wildman–Crippen LogP) is 1.23. The number of nitrogens with one attached hydrogen (secondary N) is 1. The average Bonchev–Trinajstić information content (AvgIpc) is 2.89. The molecule has 3 N–H and O–H groups in total. The molecule has 1 saturated heterocycles. The van der Waals surface area contributed by atoms with Crippen molar-refractivity contribution in [3.8, 4) is 0 Å². The maximum atomic E-state index is 12.5. The number of nitrogens with zero attached hydrogens (tertiary/aromatic N) is 2. The van der Waals surface area contributed by atoms with E-state index in [9.17, 15) is 13.2 Å². The number of benzene rings is 1. The summed E-state index contributed by atoms with van der Waals surface area (Å²) in [5.41, 5.74) is 6.61. The topological polar surface area (TPSA) is 105 Å². The number of sulfonamides is 1. The van der Waals surface area contributed by atoms with E-state index in [0.717, 1.165) is 25.8 Å². The second-order valence-corrected chi connectivity index (χ2v) is 8.60. The van der Waals surface area contributed by atoms with E-state index in [4.69, 9.17) is 5.73 Å². The SMILES string of the molecule is CC(N)C1CCCCN1C(=O)CCCN=C1NS(=O)(=O)c2ccccc21. The van der Waals surface area contributed by atoms with Gasteiger partial charge in [-0.2, -0.15) is 0 Å². The molecule has 1 fully saturated rings. The van der Waals surface area contributed by atoms with Crippen molar-refractivity contribution in [2.45, 2.75) is 56.0 Å². The van der Waals surface area contributed by atoms with Gasteiger partial charge in [0.2, 0.25) is 5.91 Å². The monoisotopic (exact) mass is 378 g/mol. The van der Waals surface area contributed by atoms with E-state index in [2.05, 4.69) is 9.71 Å². The second kappa shape index (κ2) is 7.75. The lowest BCUT2D eigenvalue weighted by Gasteiger charge is -2.38. The number of fused-ring (bicyclic) bond motifs is 1. The molecular formula is C18H26N4O3S. The van der Waals surface area contributed by atoms with Crippen LogP contribution in [0.1, 0.15) is 44.6 Å². The Morgan fingerprint density at radius 1 is 1.38 bits per heavy atom. The second-order valence-electron chi connectivity index (χ2n) is 6.94. The van der Waals surface area contributed by atoms with Crippen LogP contribution in [0, 0.1) is 0 Å². The molecule has 0 saturated carbocycles. The molecule has 7 nitrogen and oxygen atoms in total. The van der Waals surface area contributed by atoms with Gasteiger partial charge in [0.25, 0.3) is 10.0 Å². The fraction of sp³-hybridized carbons (Fsp3) is 0.556. The van der Waals surface area contributed by atoms with Crippen LogP contribution in [-0.2, 0) is 14.8 Å². The number of aliphatic imine (C=N–C) groups is 1. The molecule has 0 radical (unpaired) electrons. The molecule has 1 aromatic carbocycles. The molecule has 2 aliphatic heterocycles. The summed E-state index contributed by atoms with van der Waals surface area (Å²) in [4.78, 5) is 19.0. The van der Waals surface area contributed by atoms with Crippen LogP contribution in [0.4, 0.5) is 0 Å². The molecule has 0 aromatic heterocycles. The minimum absolute atomic E-state index is 0.0242. The Balaban J connectivity index is 1.57. The molecule has 26 heavy (non-hydrogen) atoms. The predicted molar refractivity (Wildman–Crippen MR) is 100 cm³/mol. The van der Waals surface area contributed by atoms with Gasteiger partial charge in [0.05, 0.1) is 4.90 Å². The zero-order valence-electron chi connectivity index (χ0n) is 15.0. The zero-order chi connectivity index (χ0) is 18.7. The smallest absolute Gasteiger partial charge is 0.263 e. The summed E-state index contributed by atoms with van der Waals surface area (Å²) in [6, 6.07) is 6.87. The highest BCUT2D eigenvalue weighted by Crippen LogP contribution is 2.23. The third kappa shape index (κ3) is 3.91. The minimum atomic E-state index is -3.51. The average molecular weight is 378 g/mol. The molecule has 2 heterocycles. The Labute approximate surface area is 154 Å². The number of nitrogens with two attached hydrogens (primary N) is 1. The minimum Gasteiger partial charge on any atom is -0.338 e. The molecular weight excluding hydrogens is 352 g/mol. The van der Waals surface area contributed by atoms with Gasteiger partial charge >= 0.3 is 0 Å². The van der Waals surface area contributed by atoms with Crippen molar-refractivity contribution in [2.75, 3.05) is 13.1 Å². The number of amidine groups is 1. The number of carbonyl (C=O) groups excluding carboxylic acids is 1. The quantitative estimate of drug-likeness (QED) is 0.752. The molecule has 1 amide bonds. The third-order valence-corrected chi connectivity index (χ3v) is 6.36. The lowest BCUT2D eigenvalue weighted by Crippen LogP contribution is -2.51. The lowest BCUT2D eigenvalue weighted by molar-refractivity contribution is -0.135. The van der Waals surface area contributed by atoms with Gasteiger partial charge in [-0.3, -0.25) is 14.5 Å². The van der Waals surface area contributed by atoms with Gasteiger partial charge in [0.1, 0.15) is 5.84 Å². The first-order valence-corrected chi connectivity index (χ1v) is 10.6. The van der Waals surface area contributed by atoms with Crippen molar-refractivity contribution >= 4 is 21.8 Å². The number of hydrogen-bond acceptors (Lipinski definition) is 5. The first kappa shape index (κ1) is 18.8. The van der Waals surface area contributed by atoms with Crippen LogP contribution in [0.2, 0.25) is 0 Å². The number of likely N-dealkylation sites (tertiary alicyclic amines) is 1. The Bertz CT molecular complexity index is 804. The molecule has 0 aliphatic carbocycles. The Hall–Kier alpha value is -1.93. The zero-order valence-corrected chi connectivity index (χ0v) is 15.8. The molecule has 2 aliphatic rings. The number of hydrogen-bond donors (Lipinski definition) is 2.